The molecule has 6 unspecified atom stereocenters. The number of Topliss-reactive ketones (excluding diaryl/α,β-unsaturated/α-hetero) is 2. The van der Waals surface area contributed by atoms with E-state index in [1.807, 2.05) is 42.5 Å². The van der Waals surface area contributed by atoms with Crippen molar-refractivity contribution in [2.45, 2.75) is 70.6 Å². The number of carbonyl (C=O) groups is 2. The highest BCUT2D eigenvalue weighted by Gasteiger charge is 2.39. The minimum absolute atomic E-state index is 0.0235. The molecule has 1 aromatic heterocycles. The monoisotopic (exact) mass is 622 g/mol. The van der Waals surface area contributed by atoms with Gasteiger partial charge in [0.2, 0.25) is 0 Å². The van der Waals surface area contributed by atoms with Crippen LogP contribution in [0.4, 0.5) is 5.82 Å². The first-order chi connectivity index (χ1) is 22.3. The van der Waals surface area contributed by atoms with Gasteiger partial charge < -0.3 is 20.7 Å². The van der Waals surface area contributed by atoms with Crippen LogP contribution in [-0.4, -0.2) is 40.5 Å². The lowest BCUT2D eigenvalue weighted by molar-refractivity contribution is -0.130. The molecule has 2 aromatic carbocycles. The van der Waals surface area contributed by atoms with Crippen LogP contribution in [0.15, 0.2) is 60.8 Å². The molecule has 1 heterocycles. The maximum absolute atomic E-state index is 14.1. The second-order valence-electron chi connectivity index (χ2n) is 13.1. The van der Waals surface area contributed by atoms with Gasteiger partial charge >= 0.3 is 0 Å². The lowest BCUT2D eigenvalue weighted by Crippen LogP contribution is -2.29. The zero-order chi connectivity index (χ0) is 32.6. The lowest BCUT2D eigenvalue weighted by Gasteiger charge is -2.28. The Bertz CT molecular complexity index is 1580. The fourth-order valence-corrected chi connectivity index (χ4v) is 7.64. The summed E-state index contributed by atoms with van der Waals surface area (Å²) in [5.41, 5.74) is 9.82. The van der Waals surface area contributed by atoms with Gasteiger partial charge in [0.25, 0.3) is 0 Å². The van der Waals surface area contributed by atoms with Crippen LogP contribution in [0.2, 0.25) is 0 Å². The molecule has 4 N–H and O–H groups in total. The summed E-state index contributed by atoms with van der Waals surface area (Å²) in [6, 6.07) is 17.4. The molecule has 0 amide bonds. The summed E-state index contributed by atoms with van der Waals surface area (Å²) in [6.45, 7) is 2.20. The van der Waals surface area contributed by atoms with Gasteiger partial charge in [0.1, 0.15) is 17.4 Å². The highest BCUT2D eigenvalue weighted by Crippen LogP contribution is 2.43. The summed E-state index contributed by atoms with van der Waals surface area (Å²) in [5, 5.41) is 21.3. The zero-order valence-corrected chi connectivity index (χ0v) is 27.0. The molecular formula is C39H46N2O5. The topological polar surface area (TPSA) is 123 Å². The van der Waals surface area contributed by atoms with Crippen molar-refractivity contribution in [2.24, 2.45) is 29.6 Å². The number of hydrogen-bond acceptors (Lipinski definition) is 7. The molecule has 7 nitrogen and oxygen atoms in total. The molecule has 0 bridgehead atoms. The summed E-state index contributed by atoms with van der Waals surface area (Å²) in [5.74, 6) is 7.27. The summed E-state index contributed by atoms with van der Waals surface area (Å²) < 4.78 is 5.42. The Morgan fingerprint density at radius 3 is 2.57 bits per heavy atom. The SMILES string of the molecule is CCCC(CO)C1CC(Cc2ccnc(N)c2)CC2C#CC(c3ccccc3)c3cc(O)c(OC)cc3CCC(=O)CC(=O)C2C1. The van der Waals surface area contributed by atoms with Crippen molar-refractivity contribution in [1.82, 2.24) is 4.98 Å². The highest BCUT2D eigenvalue weighted by atomic mass is 16.5. The molecular weight excluding hydrogens is 576 g/mol. The molecule has 0 spiro atoms. The van der Waals surface area contributed by atoms with E-state index < -0.39 is 5.92 Å². The molecule has 3 aromatic rings. The minimum atomic E-state index is -0.403. The van der Waals surface area contributed by atoms with Crippen LogP contribution in [0.3, 0.4) is 0 Å². The molecule has 1 saturated carbocycles. The fourth-order valence-electron chi connectivity index (χ4n) is 7.64. The first kappa shape index (κ1) is 33.2. The quantitative estimate of drug-likeness (QED) is 0.199. The van der Waals surface area contributed by atoms with Crippen molar-refractivity contribution in [3.63, 3.8) is 0 Å². The molecule has 242 valence electrons. The van der Waals surface area contributed by atoms with Crippen LogP contribution < -0.4 is 10.5 Å². The normalized spacial score (nSPS) is 24.2. The van der Waals surface area contributed by atoms with Crippen molar-refractivity contribution < 1.29 is 24.5 Å². The maximum atomic E-state index is 14.1. The Hall–Kier alpha value is -4.15. The van der Waals surface area contributed by atoms with Gasteiger partial charge in [-0.05, 0) is 103 Å². The number of fused-ring (bicyclic) bond motifs is 2. The van der Waals surface area contributed by atoms with Crippen LogP contribution in [-0.2, 0) is 22.4 Å². The summed E-state index contributed by atoms with van der Waals surface area (Å²) >= 11 is 0. The first-order valence-electron chi connectivity index (χ1n) is 16.6. The number of phenols is 1. The number of aryl methyl sites for hydroxylation is 1. The predicted octanol–water partition coefficient (Wildman–Crippen LogP) is 6.29. The Kier molecular flexibility index (Phi) is 11.1. The van der Waals surface area contributed by atoms with E-state index in [0.717, 1.165) is 47.9 Å². The predicted molar refractivity (Wildman–Crippen MR) is 179 cm³/mol. The number of ketones is 2. The third kappa shape index (κ3) is 7.97. The molecule has 7 heteroatoms. The van der Waals surface area contributed by atoms with Gasteiger partial charge in [-0.2, -0.15) is 0 Å². The van der Waals surface area contributed by atoms with Crippen molar-refractivity contribution in [3.8, 4) is 23.3 Å². The molecule has 46 heavy (non-hydrogen) atoms. The summed E-state index contributed by atoms with van der Waals surface area (Å²) in [6.07, 6.45) is 7.00. The zero-order valence-electron chi connectivity index (χ0n) is 27.0. The molecule has 6 atom stereocenters. The van der Waals surface area contributed by atoms with Gasteiger partial charge in [0.05, 0.1) is 19.4 Å². The van der Waals surface area contributed by atoms with E-state index in [9.17, 15) is 19.8 Å². The number of methoxy groups -OCH3 is 1. The number of aromatic nitrogens is 1. The lowest BCUT2D eigenvalue weighted by atomic mass is 9.76. The Balaban J connectivity index is 1.63. The van der Waals surface area contributed by atoms with Gasteiger partial charge in [-0.3, -0.25) is 9.59 Å². The van der Waals surface area contributed by atoms with E-state index in [4.69, 9.17) is 10.5 Å². The average molecular weight is 623 g/mol. The molecule has 5 rings (SSSR count). The fraction of sp³-hybridized carbons (Fsp3) is 0.462. The number of rotatable bonds is 8. The van der Waals surface area contributed by atoms with E-state index in [0.29, 0.717) is 30.8 Å². The van der Waals surface area contributed by atoms with Crippen molar-refractivity contribution in [3.05, 3.63) is 83.0 Å². The largest absolute Gasteiger partial charge is 0.504 e. The number of nitrogens with zero attached hydrogens (tertiary/aromatic N) is 1. The number of aromatic hydroxyl groups is 1. The van der Waals surface area contributed by atoms with E-state index in [2.05, 4.69) is 23.7 Å². The number of nitrogens with two attached hydrogens (primary N) is 1. The van der Waals surface area contributed by atoms with E-state index in [1.54, 1.807) is 18.3 Å². The molecule has 2 aliphatic rings. The van der Waals surface area contributed by atoms with Gasteiger partial charge in [0.15, 0.2) is 11.5 Å². The van der Waals surface area contributed by atoms with Crippen molar-refractivity contribution >= 4 is 17.4 Å². The van der Waals surface area contributed by atoms with Crippen molar-refractivity contribution in [1.29, 1.82) is 0 Å². The Morgan fingerprint density at radius 2 is 1.85 bits per heavy atom. The van der Waals surface area contributed by atoms with Crippen LogP contribution in [0.5, 0.6) is 11.5 Å². The third-order valence-electron chi connectivity index (χ3n) is 9.95. The van der Waals surface area contributed by atoms with Crippen molar-refractivity contribution in [2.75, 3.05) is 19.5 Å². The van der Waals surface area contributed by atoms with Crippen LogP contribution in [0.1, 0.15) is 80.0 Å². The summed E-state index contributed by atoms with van der Waals surface area (Å²) in [4.78, 5) is 31.6. The van der Waals surface area contributed by atoms with Gasteiger partial charge in [-0.1, -0.05) is 55.5 Å². The maximum Gasteiger partial charge on any atom is 0.160 e. The number of hydrogen-bond donors (Lipinski definition) is 3. The average Bonchev–Trinajstić information content (AvgIpc) is 3.22. The second kappa shape index (κ2) is 15.4. The molecule has 0 saturated heterocycles. The number of benzene rings is 2. The Morgan fingerprint density at radius 1 is 1.04 bits per heavy atom. The van der Waals surface area contributed by atoms with Crippen LogP contribution in [0, 0.1) is 41.4 Å². The number of carbonyl (C=O) groups excluding carboxylic acids is 2. The van der Waals surface area contributed by atoms with Crippen LogP contribution in [0.25, 0.3) is 0 Å². The molecule has 0 aliphatic heterocycles. The number of nitrogen functional groups attached to an aromatic ring is 1. The number of phenolic OH excluding ortho intramolecular Hbond substituents is 1. The number of aliphatic hydroxyl groups is 1. The second-order valence-corrected chi connectivity index (χ2v) is 13.1. The van der Waals surface area contributed by atoms with Gasteiger partial charge in [-0.15, -0.1) is 0 Å². The molecule has 0 radical (unpaired) electrons. The van der Waals surface area contributed by atoms with Gasteiger partial charge in [-0.25, -0.2) is 4.98 Å². The first-order valence-corrected chi connectivity index (χ1v) is 16.6. The van der Waals surface area contributed by atoms with E-state index >= 15 is 0 Å². The summed E-state index contributed by atoms with van der Waals surface area (Å²) in [7, 11) is 1.51. The number of ether oxygens (including phenoxy) is 1. The number of pyridine rings is 1. The molecule has 1 fully saturated rings. The smallest absolute Gasteiger partial charge is 0.160 e. The van der Waals surface area contributed by atoms with E-state index in [-0.39, 0.29) is 66.4 Å². The number of aliphatic hydroxyl groups excluding tert-OH is 1. The standard InChI is InChI=1S/C39H46N2O5/c1-3-7-30(24-42)31-18-26(16-25-14-15-41-39(40)19-25)17-28-11-13-33(27-8-5-4-6-9-27)34-23-37(45)38(46-2)21-29(34)10-12-32(43)22-36(44)35(28)20-31/h4-6,8-9,14-15,19,21,23,26,28,30-31,33,35,42,45H,3,7,10,12,16-18,20,22,24H2,1-2H3,(H2,40,41). The highest BCUT2D eigenvalue weighted by molar-refractivity contribution is 6.00. The van der Waals surface area contributed by atoms with E-state index in [1.165, 1.54) is 7.11 Å². The van der Waals surface area contributed by atoms with Crippen LogP contribution >= 0.6 is 0 Å². The number of anilines is 1. The molecule has 2 aliphatic carbocycles. The minimum Gasteiger partial charge on any atom is -0.504 e. The third-order valence-corrected chi connectivity index (χ3v) is 9.95. The van der Waals surface area contributed by atoms with Gasteiger partial charge in [0, 0.05) is 31.1 Å². The Labute approximate surface area is 272 Å².